The van der Waals surface area contributed by atoms with Gasteiger partial charge in [-0.05, 0) is 12.1 Å². The molecule has 0 aliphatic carbocycles. The van der Waals surface area contributed by atoms with E-state index >= 15 is 0 Å². The molecule has 0 aliphatic rings. The molecule has 0 saturated heterocycles. The molecule has 0 bridgehead atoms. The molecular weight excluding hydrogens is 234 g/mol. The van der Waals surface area contributed by atoms with Gasteiger partial charge in [-0.1, -0.05) is 12.1 Å². The predicted octanol–water partition coefficient (Wildman–Crippen LogP) is 2.56. The number of hydrogen-bond donors (Lipinski definition) is 2. The number of aromatic nitrogens is 1. The fraction of sp³-hybridized carbons (Fsp3) is 0.167. The Morgan fingerprint density at radius 3 is 2.94 bits per heavy atom. The van der Waals surface area contributed by atoms with Gasteiger partial charge in [0, 0.05) is 18.3 Å². The molecule has 0 aliphatic heterocycles. The van der Waals surface area contributed by atoms with E-state index in [0.717, 1.165) is 5.56 Å². The highest BCUT2D eigenvalue weighted by molar-refractivity contribution is 5.85. The van der Waals surface area contributed by atoms with Crippen molar-refractivity contribution in [3.63, 3.8) is 0 Å². The number of amides is 1. The molecule has 18 heavy (non-hydrogen) atoms. The summed E-state index contributed by atoms with van der Waals surface area (Å²) < 4.78 is 9.96. The molecule has 6 nitrogen and oxygen atoms in total. The van der Waals surface area contributed by atoms with E-state index in [4.69, 9.17) is 4.42 Å². The summed E-state index contributed by atoms with van der Waals surface area (Å²) in [7, 11) is 3.04. The van der Waals surface area contributed by atoms with Crippen molar-refractivity contribution in [2.24, 2.45) is 0 Å². The Labute approximate surface area is 104 Å². The van der Waals surface area contributed by atoms with Gasteiger partial charge in [0.05, 0.1) is 13.3 Å². The molecule has 1 heterocycles. The van der Waals surface area contributed by atoms with Crippen LogP contribution < -0.4 is 10.6 Å². The summed E-state index contributed by atoms with van der Waals surface area (Å²) in [5.74, 6) is 0.618. The number of oxazole rings is 1. The standard InChI is InChI=1S/C12H13N3O3/c1-13-11-14-7-10(18-11)8-4-3-5-9(6-8)15-12(16)17-2/h3-7H,1-2H3,(H,13,14)(H,15,16). The molecule has 2 N–H and O–H groups in total. The summed E-state index contributed by atoms with van der Waals surface area (Å²) >= 11 is 0. The van der Waals surface area contributed by atoms with Crippen LogP contribution in [-0.4, -0.2) is 25.2 Å². The minimum Gasteiger partial charge on any atom is -0.453 e. The number of nitrogens with one attached hydrogen (secondary N) is 2. The summed E-state index contributed by atoms with van der Waals surface area (Å²) in [6.45, 7) is 0. The first-order valence-corrected chi connectivity index (χ1v) is 5.32. The lowest BCUT2D eigenvalue weighted by Gasteiger charge is -2.04. The lowest BCUT2D eigenvalue weighted by atomic mass is 10.1. The monoisotopic (exact) mass is 247 g/mol. The lowest BCUT2D eigenvalue weighted by molar-refractivity contribution is 0.187. The number of rotatable bonds is 3. The molecule has 0 unspecified atom stereocenters. The first-order valence-electron chi connectivity index (χ1n) is 5.32. The van der Waals surface area contributed by atoms with E-state index in [1.54, 1.807) is 25.4 Å². The molecule has 6 heteroatoms. The van der Waals surface area contributed by atoms with Crippen LogP contribution in [0.1, 0.15) is 0 Å². The zero-order chi connectivity index (χ0) is 13.0. The molecule has 1 aromatic heterocycles. The van der Waals surface area contributed by atoms with Crippen LogP contribution in [0.2, 0.25) is 0 Å². The Hall–Kier alpha value is -2.50. The molecule has 2 aromatic rings. The van der Waals surface area contributed by atoms with Crippen LogP contribution in [0.15, 0.2) is 34.9 Å². The van der Waals surface area contributed by atoms with Crippen molar-refractivity contribution in [3.05, 3.63) is 30.5 Å². The van der Waals surface area contributed by atoms with Crippen molar-refractivity contribution in [2.75, 3.05) is 24.8 Å². The minimum absolute atomic E-state index is 0.441. The number of methoxy groups -OCH3 is 1. The molecule has 0 radical (unpaired) electrons. The zero-order valence-corrected chi connectivity index (χ0v) is 10.1. The highest BCUT2D eigenvalue weighted by Crippen LogP contribution is 2.24. The number of anilines is 2. The van der Waals surface area contributed by atoms with Gasteiger partial charge in [0.15, 0.2) is 5.76 Å². The SMILES string of the molecule is CNc1ncc(-c2cccc(NC(=O)OC)c2)o1. The first kappa shape index (κ1) is 12.0. The van der Waals surface area contributed by atoms with E-state index in [-0.39, 0.29) is 0 Å². The molecule has 2 rings (SSSR count). The quantitative estimate of drug-likeness (QED) is 0.871. The van der Waals surface area contributed by atoms with Gasteiger partial charge in [-0.2, -0.15) is 0 Å². The number of benzene rings is 1. The van der Waals surface area contributed by atoms with E-state index in [1.807, 2.05) is 12.1 Å². The fourth-order valence-electron chi connectivity index (χ4n) is 1.44. The van der Waals surface area contributed by atoms with Gasteiger partial charge in [-0.15, -0.1) is 0 Å². The molecule has 0 saturated carbocycles. The zero-order valence-electron chi connectivity index (χ0n) is 10.1. The number of nitrogens with zero attached hydrogens (tertiary/aromatic N) is 1. The van der Waals surface area contributed by atoms with Crippen molar-refractivity contribution in [3.8, 4) is 11.3 Å². The third-order valence-corrected chi connectivity index (χ3v) is 2.30. The van der Waals surface area contributed by atoms with Crippen molar-refractivity contribution in [2.45, 2.75) is 0 Å². The second-order valence-corrected chi connectivity index (χ2v) is 3.48. The third-order valence-electron chi connectivity index (χ3n) is 2.30. The Morgan fingerprint density at radius 2 is 2.28 bits per heavy atom. The van der Waals surface area contributed by atoms with Gasteiger partial charge in [-0.3, -0.25) is 5.32 Å². The molecule has 94 valence electrons. The fourth-order valence-corrected chi connectivity index (χ4v) is 1.44. The van der Waals surface area contributed by atoms with Gasteiger partial charge in [-0.25, -0.2) is 9.78 Å². The van der Waals surface area contributed by atoms with Gasteiger partial charge in [0.1, 0.15) is 0 Å². The van der Waals surface area contributed by atoms with Crippen LogP contribution >= 0.6 is 0 Å². The van der Waals surface area contributed by atoms with E-state index < -0.39 is 6.09 Å². The topological polar surface area (TPSA) is 76.4 Å². The summed E-state index contributed by atoms with van der Waals surface area (Å²) in [6.07, 6.45) is 1.10. The van der Waals surface area contributed by atoms with Gasteiger partial charge < -0.3 is 14.5 Å². The predicted molar refractivity (Wildman–Crippen MR) is 67.5 cm³/mol. The number of carbonyl (C=O) groups is 1. The first-order chi connectivity index (χ1) is 8.72. The van der Waals surface area contributed by atoms with Gasteiger partial charge >= 0.3 is 6.09 Å². The van der Waals surface area contributed by atoms with Crippen LogP contribution in [0.25, 0.3) is 11.3 Å². The average molecular weight is 247 g/mol. The molecule has 1 aromatic carbocycles. The van der Waals surface area contributed by atoms with Crippen LogP contribution in [-0.2, 0) is 4.74 Å². The van der Waals surface area contributed by atoms with Crippen molar-refractivity contribution >= 4 is 17.8 Å². The Balaban J connectivity index is 2.23. The van der Waals surface area contributed by atoms with E-state index in [2.05, 4.69) is 20.4 Å². The molecule has 0 spiro atoms. The van der Waals surface area contributed by atoms with Crippen LogP contribution in [0.3, 0.4) is 0 Å². The molecule has 0 atom stereocenters. The minimum atomic E-state index is -0.513. The summed E-state index contributed by atoms with van der Waals surface area (Å²) in [6, 6.07) is 7.65. The highest BCUT2D eigenvalue weighted by atomic mass is 16.5. The maximum absolute atomic E-state index is 11.1. The van der Waals surface area contributed by atoms with E-state index in [0.29, 0.717) is 17.5 Å². The average Bonchev–Trinajstić information content (AvgIpc) is 2.87. The molecule has 1 amide bonds. The normalized spacial score (nSPS) is 9.89. The van der Waals surface area contributed by atoms with Crippen molar-refractivity contribution < 1.29 is 13.9 Å². The third kappa shape index (κ3) is 2.60. The number of hydrogen-bond acceptors (Lipinski definition) is 5. The smallest absolute Gasteiger partial charge is 0.411 e. The molecular formula is C12H13N3O3. The molecule has 0 fully saturated rings. The van der Waals surface area contributed by atoms with Gasteiger partial charge in [0.2, 0.25) is 0 Å². The highest BCUT2D eigenvalue weighted by Gasteiger charge is 2.07. The Morgan fingerprint density at radius 1 is 1.44 bits per heavy atom. The van der Waals surface area contributed by atoms with Crippen molar-refractivity contribution in [1.82, 2.24) is 4.98 Å². The van der Waals surface area contributed by atoms with Crippen molar-refractivity contribution in [1.29, 1.82) is 0 Å². The van der Waals surface area contributed by atoms with E-state index in [1.165, 1.54) is 7.11 Å². The second-order valence-electron chi connectivity index (χ2n) is 3.48. The Bertz CT molecular complexity index is 551. The second kappa shape index (κ2) is 5.22. The number of ether oxygens (including phenoxy) is 1. The largest absolute Gasteiger partial charge is 0.453 e. The maximum Gasteiger partial charge on any atom is 0.411 e. The maximum atomic E-state index is 11.1. The number of carbonyl (C=O) groups excluding carboxylic acids is 1. The van der Waals surface area contributed by atoms with Crippen LogP contribution in [0.4, 0.5) is 16.5 Å². The van der Waals surface area contributed by atoms with Crippen LogP contribution in [0, 0.1) is 0 Å². The lowest BCUT2D eigenvalue weighted by Crippen LogP contribution is -2.10. The summed E-state index contributed by atoms with van der Waals surface area (Å²) in [4.78, 5) is 15.1. The van der Waals surface area contributed by atoms with Gasteiger partial charge in [0.25, 0.3) is 6.01 Å². The van der Waals surface area contributed by atoms with E-state index in [9.17, 15) is 4.79 Å². The summed E-state index contributed by atoms with van der Waals surface area (Å²) in [5.41, 5.74) is 1.44. The van der Waals surface area contributed by atoms with Crippen LogP contribution in [0.5, 0.6) is 0 Å². The Kier molecular flexibility index (Phi) is 3.47. The summed E-state index contributed by atoms with van der Waals surface area (Å²) in [5, 5.41) is 5.39.